The lowest BCUT2D eigenvalue weighted by molar-refractivity contribution is -0.131. The number of piperazine rings is 1. The van der Waals surface area contributed by atoms with Crippen molar-refractivity contribution in [1.82, 2.24) is 4.90 Å². The monoisotopic (exact) mass is 478 g/mol. The number of rotatable bonds is 4. The van der Waals surface area contributed by atoms with Gasteiger partial charge in [0.25, 0.3) is 0 Å². The Labute approximate surface area is 202 Å². The molecule has 0 bridgehead atoms. The van der Waals surface area contributed by atoms with E-state index >= 15 is 0 Å². The molecule has 2 aromatic carbocycles. The molecule has 1 aliphatic rings. The lowest BCUT2D eigenvalue weighted by atomic mass is 9.98. The largest absolute Gasteiger partial charge is 0.464 e. The zero-order chi connectivity index (χ0) is 24.0. The van der Waals surface area contributed by atoms with Gasteiger partial charge >= 0.3 is 5.63 Å². The maximum Gasteiger partial charge on any atom is 0.339 e. The molecule has 0 saturated carbocycles. The molecule has 1 saturated heterocycles. The second-order valence-corrected chi connectivity index (χ2v) is 9.45. The number of benzene rings is 2. The van der Waals surface area contributed by atoms with Crippen LogP contribution in [0.2, 0.25) is 5.02 Å². The zero-order valence-corrected chi connectivity index (χ0v) is 20.4. The first-order valence-corrected chi connectivity index (χ1v) is 11.9. The smallest absolute Gasteiger partial charge is 0.339 e. The number of carbonyl (C=O) groups excluding carboxylic acids is 1. The SMILES string of the molecule is Cc1coc2c(C)c3oc(=O)c(CCC(=O)N4CCN(c5cccc(Cl)c5)CC4)c(C)c3cc12. The summed E-state index contributed by atoms with van der Waals surface area (Å²) in [5, 5.41) is 2.62. The predicted octanol–water partition coefficient (Wildman–Crippen LogP) is 5.40. The minimum Gasteiger partial charge on any atom is -0.464 e. The number of fused-ring (bicyclic) bond motifs is 2. The maximum absolute atomic E-state index is 12.9. The summed E-state index contributed by atoms with van der Waals surface area (Å²) in [7, 11) is 0. The molecule has 7 heteroatoms. The molecular weight excluding hydrogens is 452 g/mol. The molecule has 1 amide bonds. The number of hydrogen-bond donors (Lipinski definition) is 0. The second-order valence-electron chi connectivity index (χ2n) is 9.01. The number of nitrogens with zero attached hydrogens (tertiary/aromatic N) is 2. The molecule has 3 heterocycles. The third-order valence-electron chi connectivity index (χ3n) is 6.93. The molecule has 1 fully saturated rings. The normalized spacial score (nSPS) is 14.4. The molecule has 0 unspecified atom stereocenters. The zero-order valence-electron chi connectivity index (χ0n) is 19.6. The van der Waals surface area contributed by atoms with Gasteiger partial charge in [0.2, 0.25) is 5.91 Å². The van der Waals surface area contributed by atoms with Crippen LogP contribution in [-0.4, -0.2) is 37.0 Å². The summed E-state index contributed by atoms with van der Waals surface area (Å²) < 4.78 is 11.4. The molecule has 0 radical (unpaired) electrons. The van der Waals surface area contributed by atoms with Crippen LogP contribution in [0.25, 0.3) is 21.9 Å². The van der Waals surface area contributed by atoms with Gasteiger partial charge in [0, 0.05) is 65.2 Å². The van der Waals surface area contributed by atoms with Crippen molar-refractivity contribution in [1.29, 1.82) is 0 Å². The van der Waals surface area contributed by atoms with E-state index < -0.39 is 0 Å². The summed E-state index contributed by atoms with van der Waals surface area (Å²) in [6, 6.07) is 9.80. The Balaban J connectivity index is 1.31. The van der Waals surface area contributed by atoms with E-state index in [4.69, 9.17) is 20.4 Å². The lowest BCUT2D eigenvalue weighted by Gasteiger charge is -2.36. The third-order valence-corrected chi connectivity index (χ3v) is 7.17. The van der Waals surface area contributed by atoms with E-state index in [2.05, 4.69) is 4.90 Å². The first-order valence-electron chi connectivity index (χ1n) is 11.6. The van der Waals surface area contributed by atoms with Gasteiger partial charge in [-0.2, -0.15) is 0 Å². The van der Waals surface area contributed by atoms with Gasteiger partial charge in [-0.05, 0) is 62.6 Å². The molecule has 0 spiro atoms. The summed E-state index contributed by atoms with van der Waals surface area (Å²) in [4.78, 5) is 29.9. The molecule has 1 aliphatic heterocycles. The Kier molecular flexibility index (Phi) is 5.86. The Morgan fingerprint density at radius 2 is 1.76 bits per heavy atom. The van der Waals surface area contributed by atoms with Crippen LogP contribution in [0, 0.1) is 20.8 Å². The highest BCUT2D eigenvalue weighted by Gasteiger charge is 2.23. The highest BCUT2D eigenvalue weighted by Crippen LogP contribution is 2.32. The van der Waals surface area contributed by atoms with Gasteiger partial charge in [-0.25, -0.2) is 4.79 Å². The van der Waals surface area contributed by atoms with Crippen LogP contribution < -0.4 is 10.5 Å². The van der Waals surface area contributed by atoms with Gasteiger partial charge in [0.05, 0.1) is 6.26 Å². The third kappa shape index (κ3) is 3.96. The van der Waals surface area contributed by atoms with Crippen molar-refractivity contribution in [2.24, 2.45) is 0 Å². The Morgan fingerprint density at radius 3 is 2.50 bits per heavy atom. The highest BCUT2D eigenvalue weighted by atomic mass is 35.5. The summed E-state index contributed by atoms with van der Waals surface area (Å²) in [6.07, 6.45) is 2.36. The fourth-order valence-corrected chi connectivity index (χ4v) is 5.07. The molecule has 0 N–H and O–H groups in total. The van der Waals surface area contributed by atoms with Gasteiger partial charge in [-0.1, -0.05) is 17.7 Å². The molecule has 2 aromatic heterocycles. The average molecular weight is 479 g/mol. The van der Waals surface area contributed by atoms with Crippen LogP contribution in [-0.2, 0) is 11.2 Å². The van der Waals surface area contributed by atoms with Crippen LogP contribution in [0.5, 0.6) is 0 Å². The van der Waals surface area contributed by atoms with E-state index in [-0.39, 0.29) is 18.0 Å². The number of furan rings is 1. The molecule has 0 atom stereocenters. The summed E-state index contributed by atoms with van der Waals surface area (Å²) in [5.41, 5.74) is 5.29. The van der Waals surface area contributed by atoms with Gasteiger partial charge < -0.3 is 18.6 Å². The Hall–Kier alpha value is -3.25. The summed E-state index contributed by atoms with van der Waals surface area (Å²) in [6.45, 7) is 8.63. The topological polar surface area (TPSA) is 66.9 Å². The van der Waals surface area contributed by atoms with Crippen molar-refractivity contribution >= 4 is 45.1 Å². The van der Waals surface area contributed by atoms with Crippen LogP contribution >= 0.6 is 11.6 Å². The number of hydrogen-bond acceptors (Lipinski definition) is 5. The molecule has 6 nitrogen and oxygen atoms in total. The van der Waals surface area contributed by atoms with Crippen LogP contribution in [0.4, 0.5) is 5.69 Å². The number of anilines is 1. The summed E-state index contributed by atoms with van der Waals surface area (Å²) in [5.74, 6) is 0.0574. The molecule has 0 aliphatic carbocycles. The van der Waals surface area contributed by atoms with Gasteiger partial charge in [0.1, 0.15) is 11.2 Å². The summed E-state index contributed by atoms with van der Waals surface area (Å²) >= 11 is 6.11. The minimum absolute atomic E-state index is 0.0574. The molecule has 4 aromatic rings. The number of amides is 1. The van der Waals surface area contributed by atoms with Crippen molar-refractivity contribution in [3.8, 4) is 0 Å². The first-order chi connectivity index (χ1) is 16.3. The van der Waals surface area contributed by atoms with E-state index in [1.54, 1.807) is 6.26 Å². The molecular formula is C27H27ClN2O4. The van der Waals surface area contributed by atoms with Gasteiger partial charge in [0.15, 0.2) is 0 Å². The predicted molar refractivity (Wildman–Crippen MR) is 135 cm³/mol. The van der Waals surface area contributed by atoms with Crippen molar-refractivity contribution in [2.75, 3.05) is 31.1 Å². The first kappa shape index (κ1) is 22.5. The molecule has 34 heavy (non-hydrogen) atoms. The Morgan fingerprint density at radius 1 is 1.00 bits per heavy atom. The fraction of sp³-hybridized carbons (Fsp3) is 0.333. The van der Waals surface area contributed by atoms with E-state index in [1.165, 1.54) is 0 Å². The van der Waals surface area contributed by atoms with Crippen LogP contribution in [0.1, 0.15) is 28.7 Å². The quantitative estimate of drug-likeness (QED) is 0.367. The van der Waals surface area contributed by atoms with E-state index in [1.807, 2.05) is 56.0 Å². The van der Waals surface area contributed by atoms with Crippen molar-refractivity contribution in [2.45, 2.75) is 33.6 Å². The number of halogens is 1. The average Bonchev–Trinajstić information content (AvgIpc) is 3.20. The van der Waals surface area contributed by atoms with E-state index in [0.29, 0.717) is 35.7 Å². The van der Waals surface area contributed by atoms with Crippen LogP contribution in [0.15, 0.2) is 50.2 Å². The van der Waals surface area contributed by atoms with Gasteiger partial charge in [-0.3, -0.25) is 4.79 Å². The standard InChI is InChI=1S/C27H27ClN2O4/c1-16-15-33-25-18(3)26-23(14-22(16)25)17(2)21(27(32)34-26)7-8-24(31)30-11-9-29(10-12-30)20-6-4-5-19(28)13-20/h4-6,13-15H,7-12H2,1-3H3. The second kappa shape index (κ2) is 8.84. The molecule has 176 valence electrons. The van der Waals surface area contributed by atoms with Crippen molar-refractivity contribution in [3.63, 3.8) is 0 Å². The van der Waals surface area contributed by atoms with E-state index in [9.17, 15) is 9.59 Å². The minimum atomic E-state index is -0.380. The van der Waals surface area contributed by atoms with Gasteiger partial charge in [-0.15, -0.1) is 0 Å². The number of carbonyl (C=O) groups is 1. The lowest BCUT2D eigenvalue weighted by Crippen LogP contribution is -2.48. The number of aryl methyl sites for hydroxylation is 3. The van der Waals surface area contributed by atoms with Crippen LogP contribution in [0.3, 0.4) is 0 Å². The van der Waals surface area contributed by atoms with E-state index in [0.717, 1.165) is 51.8 Å². The Bertz CT molecular complexity index is 1460. The maximum atomic E-state index is 12.9. The van der Waals surface area contributed by atoms with Crippen molar-refractivity contribution < 1.29 is 13.6 Å². The molecule has 5 rings (SSSR count). The van der Waals surface area contributed by atoms with Crippen molar-refractivity contribution in [3.05, 3.63) is 74.3 Å². The fourth-order valence-electron chi connectivity index (χ4n) is 4.88. The highest BCUT2D eigenvalue weighted by molar-refractivity contribution is 6.30.